The summed E-state index contributed by atoms with van der Waals surface area (Å²) in [5, 5.41) is 12.0. The molecule has 0 saturated carbocycles. The van der Waals surface area contributed by atoms with E-state index in [1.807, 2.05) is 212 Å². The maximum atomic E-state index is 12.0. The maximum Gasteiger partial charge on any atom is 0.187 e. The van der Waals surface area contributed by atoms with Gasteiger partial charge in [0.1, 0.15) is 48.8 Å². The van der Waals surface area contributed by atoms with Gasteiger partial charge in [-0.2, -0.15) is 0 Å². The van der Waals surface area contributed by atoms with Crippen LogP contribution < -0.4 is 0 Å². The molecule has 2 aliphatic rings. The summed E-state index contributed by atoms with van der Waals surface area (Å²) in [6.07, 6.45) is -8.74. The summed E-state index contributed by atoms with van der Waals surface area (Å²) >= 11 is 0. The Morgan fingerprint density at radius 1 is 0.278 bits per heavy atom. The van der Waals surface area contributed by atoms with Crippen LogP contribution in [-0.4, -0.2) is 79.7 Å². The predicted octanol–water partition coefficient (Wildman–Crippen LogP) is 10.2. The second-order valence-electron chi connectivity index (χ2n) is 18.0. The quantitative estimate of drug-likeness (QED) is 0.0591. The van der Waals surface area contributed by atoms with Crippen molar-refractivity contribution in [1.82, 2.24) is 0 Å². The van der Waals surface area contributed by atoms with Gasteiger partial charge < -0.3 is 52.5 Å². The van der Waals surface area contributed by atoms with Crippen molar-refractivity contribution in [3.8, 4) is 0 Å². The topological polar surface area (TPSA) is 113 Å². The third kappa shape index (κ3) is 14.8. The molecule has 72 heavy (non-hydrogen) atoms. The summed E-state index contributed by atoms with van der Waals surface area (Å²) in [5.41, 5.74) is 6.80. The van der Waals surface area contributed by atoms with Gasteiger partial charge in [0.25, 0.3) is 0 Å². The van der Waals surface area contributed by atoms with Crippen LogP contribution in [0.3, 0.4) is 0 Å². The van der Waals surface area contributed by atoms with E-state index >= 15 is 0 Å². The van der Waals surface area contributed by atoms with Crippen molar-refractivity contribution in [2.24, 2.45) is 0 Å². The second kappa shape index (κ2) is 27.2. The minimum absolute atomic E-state index is 0.0957. The van der Waals surface area contributed by atoms with E-state index in [1.165, 1.54) is 0 Å². The van der Waals surface area contributed by atoms with Crippen LogP contribution >= 0.6 is 0 Å². The Bertz CT molecular complexity index is 2550. The van der Waals surface area contributed by atoms with E-state index < -0.39 is 61.4 Å². The van der Waals surface area contributed by atoms with Crippen LogP contribution in [0.5, 0.6) is 0 Å². The van der Waals surface area contributed by atoms with Crippen molar-refractivity contribution in [2.75, 3.05) is 13.2 Å². The number of aliphatic hydroxyl groups excluding tert-OH is 1. The fraction of sp³-hybridized carbons (Fsp3) is 0.311. The van der Waals surface area contributed by atoms with Crippen molar-refractivity contribution in [3.05, 3.63) is 251 Å². The molecule has 0 unspecified atom stereocenters. The van der Waals surface area contributed by atoms with Gasteiger partial charge in [0, 0.05) is 0 Å². The minimum Gasteiger partial charge on any atom is -0.374 e. The molecule has 7 aromatic rings. The van der Waals surface area contributed by atoms with Crippen molar-refractivity contribution < 1.29 is 52.5 Å². The first kappa shape index (κ1) is 51.0. The lowest BCUT2D eigenvalue weighted by atomic mass is 9.97. The Kier molecular flexibility index (Phi) is 19.3. The van der Waals surface area contributed by atoms with E-state index in [-0.39, 0.29) is 52.9 Å². The standard InChI is InChI=1S/C61H64O11/c62-60-58(68-41-50-32-18-6-19-33-50)56(66-39-48-28-14-4-15-29-48)55(65-38-47-26-12-3-13-27-47)53(71-60)44-70-61-59(69-42-51-34-20-7-21-35-51)57(67-40-49-30-16-5-17-31-49)54(64-37-46-24-10-2-11-25-46)52(72-61)43-63-36-45-22-8-1-9-23-45/h1-35,52-62H,36-44H2/t52-,53-,54+,55+,56+,57+,58-,59-,60-,61-/m1/s1. The first-order valence-corrected chi connectivity index (χ1v) is 24.8. The highest BCUT2D eigenvalue weighted by Crippen LogP contribution is 2.34. The molecule has 2 aliphatic heterocycles. The predicted molar refractivity (Wildman–Crippen MR) is 272 cm³/mol. The summed E-state index contributed by atoms with van der Waals surface area (Å²) in [5.74, 6) is 0. The number of hydrogen-bond donors (Lipinski definition) is 1. The van der Waals surface area contributed by atoms with Gasteiger partial charge in [-0.25, -0.2) is 0 Å². The van der Waals surface area contributed by atoms with E-state index in [0.29, 0.717) is 6.61 Å². The van der Waals surface area contributed by atoms with Crippen LogP contribution in [0.15, 0.2) is 212 Å². The van der Waals surface area contributed by atoms with Gasteiger partial charge >= 0.3 is 0 Å². The van der Waals surface area contributed by atoms with Crippen LogP contribution in [-0.2, 0) is 93.6 Å². The second-order valence-corrected chi connectivity index (χ2v) is 18.0. The number of ether oxygens (including phenoxy) is 10. The SMILES string of the molecule is O[C@@H]1O[C@H](CO[C@@H]2O[C@H](COCc3ccccc3)[C@H](OCc3ccccc3)[C@H](OCc3ccccc3)[C@H]2OCc2ccccc2)[C@H](OCc2ccccc2)[C@H](OCc2ccccc2)[C@H]1OCc1ccccc1. The molecule has 2 fully saturated rings. The van der Waals surface area contributed by atoms with Gasteiger partial charge in [0.15, 0.2) is 12.6 Å². The third-order valence-electron chi connectivity index (χ3n) is 12.7. The van der Waals surface area contributed by atoms with Crippen molar-refractivity contribution in [3.63, 3.8) is 0 Å². The van der Waals surface area contributed by atoms with Crippen LogP contribution in [0.2, 0.25) is 0 Å². The van der Waals surface area contributed by atoms with Crippen LogP contribution in [0.25, 0.3) is 0 Å². The molecule has 11 heteroatoms. The Morgan fingerprint density at radius 3 is 0.917 bits per heavy atom. The lowest BCUT2D eigenvalue weighted by Gasteiger charge is -2.47. The largest absolute Gasteiger partial charge is 0.374 e. The van der Waals surface area contributed by atoms with Gasteiger partial charge in [0.05, 0.1) is 59.5 Å². The molecular formula is C61H64O11. The normalized spacial score (nSPS) is 24.2. The molecule has 1 N–H and O–H groups in total. The molecular weight excluding hydrogens is 909 g/mol. The summed E-state index contributed by atoms with van der Waals surface area (Å²) in [7, 11) is 0. The number of rotatable bonds is 25. The molecule has 11 nitrogen and oxygen atoms in total. The van der Waals surface area contributed by atoms with Gasteiger partial charge in [-0.05, 0) is 38.9 Å². The zero-order chi connectivity index (χ0) is 49.0. The summed E-state index contributed by atoms with van der Waals surface area (Å²) in [4.78, 5) is 0. The average Bonchev–Trinajstić information content (AvgIpc) is 3.44. The highest BCUT2D eigenvalue weighted by molar-refractivity contribution is 5.19. The first-order chi connectivity index (χ1) is 35.6. The van der Waals surface area contributed by atoms with Crippen LogP contribution in [0, 0.1) is 0 Å². The monoisotopic (exact) mass is 972 g/mol. The summed E-state index contributed by atoms with van der Waals surface area (Å²) < 4.78 is 67.9. The number of benzene rings is 7. The Morgan fingerprint density at radius 2 is 0.556 bits per heavy atom. The number of aliphatic hydroxyl groups is 1. The molecule has 0 radical (unpaired) electrons. The van der Waals surface area contributed by atoms with Crippen LogP contribution in [0.1, 0.15) is 38.9 Å². The molecule has 10 atom stereocenters. The molecule has 0 bridgehead atoms. The lowest BCUT2D eigenvalue weighted by Crippen LogP contribution is -2.63. The molecule has 0 aromatic heterocycles. The van der Waals surface area contributed by atoms with E-state index in [9.17, 15) is 5.11 Å². The molecule has 0 amide bonds. The van der Waals surface area contributed by atoms with Gasteiger partial charge in [-0.3, -0.25) is 0 Å². The molecule has 2 heterocycles. The average molecular weight is 973 g/mol. The third-order valence-corrected chi connectivity index (χ3v) is 12.7. The first-order valence-electron chi connectivity index (χ1n) is 24.8. The maximum absolute atomic E-state index is 12.0. The molecule has 0 aliphatic carbocycles. The van der Waals surface area contributed by atoms with E-state index in [0.717, 1.165) is 38.9 Å². The van der Waals surface area contributed by atoms with Gasteiger partial charge in [0.2, 0.25) is 0 Å². The van der Waals surface area contributed by atoms with Crippen molar-refractivity contribution >= 4 is 0 Å². The Hall–Kier alpha value is -5.90. The van der Waals surface area contributed by atoms with Gasteiger partial charge in [-0.15, -0.1) is 0 Å². The summed E-state index contributed by atoms with van der Waals surface area (Å²) in [6.45, 7) is 1.89. The molecule has 2 saturated heterocycles. The lowest BCUT2D eigenvalue weighted by molar-refractivity contribution is -0.349. The zero-order valence-corrected chi connectivity index (χ0v) is 40.4. The molecule has 9 rings (SSSR count). The van der Waals surface area contributed by atoms with Gasteiger partial charge in [-0.1, -0.05) is 212 Å². The fourth-order valence-corrected chi connectivity index (χ4v) is 8.97. The van der Waals surface area contributed by atoms with E-state index in [2.05, 4.69) is 0 Å². The smallest absolute Gasteiger partial charge is 0.187 e. The molecule has 374 valence electrons. The van der Waals surface area contributed by atoms with E-state index in [4.69, 9.17) is 47.4 Å². The minimum atomic E-state index is -1.41. The Labute approximate surface area is 423 Å². The summed E-state index contributed by atoms with van der Waals surface area (Å²) in [6, 6.07) is 69.7. The molecule has 7 aromatic carbocycles. The highest BCUT2D eigenvalue weighted by Gasteiger charge is 2.52. The van der Waals surface area contributed by atoms with Crippen LogP contribution in [0.4, 0.5) is 0 Å². The van der Waals surface area contributed by atoms with Crippen molar-refractivity contribution in [1.29, 1.82) is 0 Å². The highest BCUT2D eigenvalue weighted by atomic mass is 16.7. The number of hydrogen-bond acceptors (Lipinski definition) is 11. The molecule has 0 spiro atoms. The van der Waals surface area contributed by atoms with Crippen molar-refractivity contribution in [2.45, 2.75) is 108 Å². The Balaban J connectivity index is 1.04. The zero-order valence-electron chi connectivity index (χ0n) is 40.4. The van der Waals surface area contributed by atoms with E-state index in [1.54, 1.807) is 0 Å². The fourth-order valence-electron chi connectivity index (χ4n) is 8.97.